The highest BCUT2D eigenvalue weighted by molar-refractivity contribution is 7.14. The Morgan fingerprint density at radius 2 is 2.33 bits per heavy atom. The molecular weight excluding hydrogens is 328 g/mol. The average molecular weight is 348 g/mol. The molecule has 24 heavy (non-hydrogen) atoms. The number of benzene rings is 1. The standard InChI is InChI=1S/C17H20N2O4S/c1-11-8-18-16(24-11)12-5-13(17(20)21)7-15(6-12)23-10-14-9-22-4-3-19(14)2/h5-8,14H,3-4,9-10H2,1-2H3,(H,20,21)/t14-/m0/s1. The maximum absolute atomic E-state index is 11.4. The first-order valence-electron chi connectivity index (χ1n) is 7.75. The predicted molar refractivity (Wildman–Crippen MR) is 92.0 cm³/mol. The summed E-state index contributed by atoms with van der Waals surface area (Å²) >= 11 is 1.53. The molecule has 0 unspecified atom stereocenters. The molecule has 1 atom stereocenters. The van der Waals surface area contributed by atoms with E-state index in [2.05, 4.69) is 9.88 Å². The number of nitrogens with zero attached hydrogens (tertiary/aromatic N) is 2. The summed E-state index contributed by atoms with van der Waals surface area (Å²) in [5.41, 5.74) is 0.958. The van der Waals surface area contributed by atoms with E-state index in [4.69, 9.17) is 9.47 Å². The Hall–Kier alpha value is -1.96. The number of thiazole rings is 1. The monoisotopic (exact) mass is 348 g/mol. The third-order valence-corrected chi connectivity index (χ3v) is 4.95. The number of carboxylic acid groups (broad SMARTS) is 1. The van der Waals surface area contributed by atoms with Gasteiger partial charge in [-0.1, -0.05) is 0 Å². The van der Waals surface area contributed by atoms with Gasteiger partial charge in [0.05, 0.1) is 24.8 Å². The number of ether oxygens (including phenoxy) is 2. The van der Waals surface area contributed by atoms with E-state index in [1.807, 2.05) is 20.0 Å². The molecule has 6 nitrogen and oxygen atoms in total. The van der Waals surface area contributed by atoms with Crippen molar-refractivity contribution in [3.63, 3.8) is 0 Å². The SMILES string of the molecule is Cc1cnc(-c2cc(OC[C@@H]3COCCN3C)cc(C(=O)O)c2)s1. The lowest BCUT2D eigenvalue weighted by atomic mass is 10.1. The molecule has 0 amide bonds. The van der Waals surface area contributed by atoms with Crippen molar-refractivity contribution in [3.8, 4) is 16.3 Å². The highest BCUT2D eigenvalue weighted by Gasteiger charge is 2.20. The normalized spacial score (nSPS) is 18.5. The Labute approximate surface area is 144 Å². The fourth-order valence-electron chi connectivity index (χ4n) is 2.52. The molecule has 0 spiro atoms. The lowest BCUT2D eigenvalue weighted by Gasteiger charge is -2.32. The van der Waals surface area contributed by atoms with Crippen LogP contribution in [0.4, 0.5) is 0 Å². The topological polar surface area (TPSA) is 71.9 Å². The fraction of sp³-hybridized carbons (Fsp3) is 0.412. The van der Waals surface area contributed by atoms with Gasteiger partial charge in [0.2, 0.25) is 0 Å². The number of hydrogen-bond acceptors (Lipinski definition) is 6. The molecular formula is C17H20N2O4S. The van der Waals surface area contributed by atoms with Crippen LogP contribution in [-0.4, -0.2) is 60.4 Å². The van der Waals surface area contributed by atoms with Crippen LogP contribution in [0.3, 0.4) is 0 Å². The second-order valence-corrected chi connectivity index (χ2v) is 7.08. The minimum atomic E-state index is -0.979. The molecule has 1 saturated heterocycles. The number of likely N-dealkylation sites (N-methyl/N-ethyl adjacent to an activating group) is 1. The first kappa shape index (κ1) is 16.9. The molecule has 1 N–H and O–H groups in total. The maximum Gasteiger partial charge on any atom is 0.335 e. The van der Waals surface area contributed by atoms with Gasteiger partial charge >= 0.3 is 5.97 Å². The first-order valence-corrected chi connectivity index (χ1v) is 8.56. The van der Waals surface area contributed by atoms with Crippen LogP contribution in [0, 0.1) is 6.92 Å². The van der Waals surface area contributed by atoms with Crippen LogP contribution in [-0.2, 0) is 4.74 Å². The highest BCUT2D eigenvalue weighted by Crippen LogP contribution is 2.29. The molecule has 1 aliphatic rings. The van der Waals surface area contributed by atoms with Crippen molar-refractivity contribution in [1.82, 2.24) is 9.88 Å². The molecule has 1 aromatic heterocycles. The summed E-state index contributed by atoms with van der Waals surface area (Å²) < 4.78 is 11.3. The summed E-state index contributed by atoms with van der Waals surface area (Å²) in [6, 6.07) is 5.19. The van der Waals surface area contributed by atoms with Crippen LogP contribution in [0.15, 0.2) is 24.4 Å². The summed E-state index contributed by atoms with van der Waals surface area (Å²) in [5, 5.41) is 10.1. The van der Waals surface area contributed by atoms with Crippen molar-refractivity contribution in [2.24, 2.45) is 0 Å². The van der Waals surface area contributed by atoms with Gasteiger partial charge in [-0.25, -0.2) is 9.78 Å². The predicted octanol–water partition coefficient (Wildman–Crippen LogP) is 2.53. The quantitative estimate of drug-likeness (QED) is 0.895. The van der Waals surface area contributed by atoms with E-state index in [1.54, 1.807) is 18.3 Å². The minimum Gasteiger partial charge on any atom is -0.492 e. The molecule has 1 aromatic carbocycles. The number of hydrogen-bond donors (Lipinski definition) is 1. The van der Waals surface area contributed by atoms with Gasteiger partial charge in [0, 0.05) is 23.2 Å². The molecule has 0 bridgehead atoms. The van der Waals surface area contributed by atoms with Crippen LogP contribution in [0.1, 0.15) is 15.2 Å². The molecule has 2 heterocycles. The van der Waals surface area contributed by atoms with E-state index < -0.39 is 5.97 Å². The Kier molecular flexibility index (Phi) is 5.13. The maximum atomic E-state index is 11.4. The molecule has 1 aliphatic heterocycles. The molecule has 1 fully saturated rings. The van der Waals surface area contributed by atoms with Crippen LogP contribution >= 0.6 is 11.3 Å². The van der Waals surface area contributed by atoms with Gasteiger partial charge in [-0.2, -0.15) is 0 Å². The van der Waals surface area contributed by atoms with Gasteiger partial charge in [-0.15, -0.1) is 11.3 Å². The second kappa shape index (κ2) is 7.29. The summed E-state index contributed by atoms with van der Waals surface area (Å²) in [7, 11) is 2.04. The van der Waals surface area contributed by atoms with Crippen molar-refractivity contribution >= 4 is 17.3 Å². The van der Waals surface area contributed by atoms with Gasteiger partial charge in [0.15, 0.2) is 0 Å². The third-order valence-electron chi connectivity index (χ3n) is 3.99. The molecule has 0 radical (unpaired) electrons. The van der Waals surface area contributed by atoms with Crippen molar-refractivity contribution in [1.29, 1.82) is 0 Å². The largest absolute Gasteiger partial charge is 0.492 e. The van der Waals surface area contributed by atoms with E-state index in [-0.39, 0.29) is 11.6 Å². The molecule has 128 valence electrons. The highest BCUT2D eigenvalue weighted by atomic mass is 32.1. The third kappa shape index (κ3) is 3.92. The molecule has 7 heteroatoms. The van der Waals surface area contributed by atoms with Crippen molar-refractivity contribution < 1.29 is 19.4 Å². The fourth-order valence-corrected chi connectivity index (χ4v) is 3.27. The molecule has 2 aromatic rings. The van der Waals surface area contributed by atoms with Crippen LogP contribution in [0.25, 0.3) is 10.6 Å². The van der Waals surface area contributed by atoms with Crippen molar-refractivity contribution in [2.45, 2.75) is 13.0 Å². The Balaban J connectivity index is 1.81. The van der Waals surface area contributed by atoms with Gasteiger partial charge in [-0.05, 0) is 32.2 Å². The first-order chi connectivity index (χ1) is 11.5. The summed E-state index contributed by atoms with van der Waals surface area (Å²) in [6.45, 7) is 4.64. The Morgan fingerprint density at radius 3 is 3.00 bits per heavy atom. The summed E-state index contributed by atoms with van der Waals surface area (Å²) in [5.74, 6) is -0.440. The number of rotatable bonds is 5. The Morgan fingerprint density at radius 1 is 1.50 bits per heavy atom. The zero-order valence-corrected chi connectivity index (χ0v) is 14.5. The van der Waals surface area contributed by atoms with Crippen LogP contribution < -0.4 is 4.74 Å². The van der Waals surface area contributed by atoms with Crippen LogP contribution in [0.5, 0.6) is 5.75 Å². The smallest absolute Gasteiger partial charge is 0.335 e. The van der Waals surface area contributed by atoms with Crippen LogP contribution in [0.2, 0.25) is 0 Å². The van der Waals surface area contributed by atoms with E-state index in [1.165, 1.54) is 11.3 Å². The van der Waals surface area contributed by atoms with Crippen molar-refractivity contribution in [2.75, 3.05) is 33.4 Å². The lowest BCUT2D eigenvalue weighted by molar-refractivity contribution is -0.0108. The number of carboxylic acids is 1. The minimum absolute atomic E-state index is 0.165. The summed E-state index contributed by atoms with van der Waals surface area (Å²) in [4.78, 5) is 19.0. The zero-order valence-electron chi connectivity index (χ0n) is 13.7. The molecule has 0 aliphatic carbocycles. The van der Waals surface area contributed by atoms with E-state index in [0.717, 1.165) is 28.6 Å². The average Bonchev–Trinajstić information content (AvgIpc) is 3.00. The zero-order chi connectivity index (χ0) is 17.1. The molecule has 0 saturated carbocycles. The van der Waals surface area contributed by atoms with E-state index in [9.17, 15) is 9.90 Å². The van der Waals surface area contributed by atoms with Crippen molar-refractivity contribution in [3.05, 3.63) is 34.8 Å². The summed E-state index contributed by atoms with van der Waals surface area (Å²) in [6.07, 6.45) is 1.78. The van der Waals surface area contributed by atoms with E-state index in [0.29, 0.717) is 19.0 Å². The Bertz CT molecular complexity index is 731. The van der Waals surface area contributed by atoms with Gasteiger partial charge in [0.1, 0.15) is 17.4 Å². The van der Waals surface area contributed by atoms with Gasteiger partial charge in [0.25, 0.3) is 0 Å². The number of aromatic carboxylic acids is 1. The van der Waals surface area contributed by atoms with Gasteiger partial charge < -0.3 is 14.6 Å². The number of aryl methyl sites for hydroxylation is 1. The molecule has 3 rings (SSSR count). The van der Waals surface area contributed by atoms with E-state index >= 15 is 0 Å². The number of morpholine rings is 1. The second-order valence-electron chi connectivity index (χ2n) is 5.85. The number of carbonyl (C=O) groups is 1. The van der Waals surface area contributed by atoms with Gasteiger partial charge in [-0.3, -0.25) is 4.90 Å². The number of aromatic nitrogens is 1. The lowest BCUT2D eigenvalue weighted by Crippen LogP contribution is -2.46.